The van der Waals surface area contributed by atoms with Crippen molar-refractivity contribution < 1.29 is 37.6 Å². The Labute approximate surface area is 257 Å². The second-order valence-corrected chi connectivity index (χ2v) is 13.5. The summed E-state index contributed by atoms with van der Waals surface area (Å²) >= 11 is 0. The van der Waals surface area contributed by atoms with Crippen LogP contribution in [-0.4, -0.2) is 79.7 Å². The maximum atomic E-state index is 13.1. The van der Waals surface area contributed by atoms with Crippen LogP contribution in [0, 0.1) is 17.2 Å². The van der Waals surface area contributed by atoms with Crippen LogP contribution in [0.3, 0.4) is 0 Å². The molecule has 2 aromatic carbocycles. The highest BCUT2D eigenvalue weighted by Gasteiger charge is 2.44. The number of carbonyl (C=O) groups excluding carboxylic acids is 1. The van der Waals surface area contributed by atoms with E-state index in [1.165, 1.54) is 25.1 Å². The van der Waals surface area contributed by atoms with E-state index in [4.69, 9.17) is 19.6 Å². The summed E-state index contributed by atoms with van der Waals surface area (Å²) in [7, 11) is -4.09. The van der Waals surface area contributed by atoms with Crippen molar-refractivity contribution in [2.24, 2.45) is 11.8 Å². The molecule has 0 aliphatic carbocycles. The zero-order valence-corrected chi connectivity index (χ0v) is 26.2. The van der Waals surface area contributed by atoms with E-state index in [0.717, 1.165) is 17.9 Å². The summed E-state index contributed by atoms with van der Waals surface area (Å²) in [4.78, 5) is 15.4. The van der Waals surface area contributed by atoms with Crippen molar-refractivity contribution in [3.8, 4) is 5.88 Å². The van der Waals surface area contributed by atoms with Gasteiger partial charge in [0.2, 0.25) is 10.0 Å². The lowest BCUT2D eigenvalue weighted by molar-refractivity contribution is -0.0907. The zero-order valence-electron chi connectivity index (χ0n) is 25.4. The van der Waals surface area contributed by atoms with Crippen molar-refractivity contribution >= 4 is 32.7 Å². The molecule has 44 heavy (non-hydrogen) atoms. The zero-order chi connectivity index (χ0) is 32.0. The lowest BCUT2D eigenvalue weighted by Crippen LogP contribution is -2.50. The van der Waals surface area contributed by atoms with E-state index >= 15 is 0 Å². The number of amides is 1. The van der Waals surface area contributed by atoms with Gasteiger partial charge in [0.15, 0.2) is 12.2 Å². The highest BCUT2D eigenvalue weighted by Crippen LogP contribution is 2.33. The van der Waals surface area contributed by atoms with E-state index in [1.54, 1.807) is 0 Å². The first-order valence-corrected chi connectivity index (χ1v) is 16.2. The van der Waals surface area contributed by atoms with Crippen LogP contribution in [0.5, 0.6) is 5.88 Å². The Morgan fingerprint density at radius 1 is 1.16 bits per heavy atom. The summed E-state index contributed by atoms with van der Waals surface area (Å²) in [6, 6.07) is 12.5. The van der Waals surface area contributed by atoms with Crippen LogP contribution in [0.25, 0.3) is 10.9 Å². The minimum Gasteiger partial charge on any atom is -0.494 e. The molecule has 5 atom stereocenters. The van der Waals surface area contributed by atoms with E-state index in [1.807, 2.05) is 30.3 Å². The predicted octanol–water partition coefficient (Wildman–Crippen LogP) is 3.66. The summed E-state index contributed by atoms with van der Waals surface area (Å²) in [5.41, 5.74) is 1.59. The third kappa shape index (κ3) is 8.36. The number of aliphatic hydroxyl groups is 1. The van der Waals surface area contributed by atoms with Gasteiger partial charge in [-0.3, -0.25) is 0 Å². The van der Waals surface area contributed by atoms with Crippen LogP contribution in [0.1, 0.15) is 45.2 Å². The van der Waals surface area contributed by atoms with Crippen LogP contribution >= 0.6 is 0 Å². The van der Waals surface area contributed by atoms with E-state index in [2.05, 4.69) is 35.8 Å². The fraction of sp³-hybridized carbons (Fsp3) is 0.484. The largest absolute Gasteiger partial charge is 0.494 e. The van der Waals surface area contributed by atoms with Gasteiger partial charge in [0.25, 0.3) is 0 Å². The van der Waals surface area contributed by atoms with Crippen LogP contribution in [0.15, 0.2) is 53.4 Å². The standard InChI is InChI=1S/C27H32N4O8S.C4H10/c1-15(28)24-19-12-17(7-8-20(19)30-25(24)33)40(35,36)29-13-22(32)21(11-16-5-3-2-4-6-16)31-27(34)39-23-14-38-26-18(23)9-10-37-26;1-4(2)3/h2-8,12,18,21-23,26,28-30,32-33H,9-11,13-14H2,1H3,(H,31,34);4H,1-3H3. The third-order valence-electron chi connectivity index (χ3n) is 7.23. The van der Waals surface area contributed by atoms with Crippen molar-refractivity contribution in [3.05, 3.63) is 59.7 Å². The van der Waals surface area contributed by atoms with Gasteiger partial charge < -0.3 is 40.1 Å². The third-order valence-corrected chi connectivity index (χ3v) is 8.65. The summed E-state index contributed by atoms with van der Waals surface area (Å²) < 4.78 is 45.2. The van der Waals surface area contributed by atoms with Gasteiger partial charge in [-0.25, -0.2) is 17.9 Å². The number of sulfonamides is 1. The van der Waals surface area contributed by atoms with Gasteiger partial charge in [-0.2, -0.15) is 0 Å². The normalized spacial score (nSPS) is 20.9. The molecule has 240 valence electrons. The van der Waals surface area contributed by atoms with Gasteiger partial charge in [-0.1, -0.05) is 51.1 Å². The lowest BCUT2D eigenvalue weighted by Gasteiger charge is -2.25. The van der Waals surface area contributed by atoms with Gasteiger partial charge in [0, 0.05) is 23.2 Å². The Kier molecular flexibility index (Phi) is 11.0. The number of hydrogen-bond acceptors (Lipinski definition) is 9. The molecule has 0 bridgehead atoms. The Morgan fingerprint density at radius 2 is 1.86 bits per heavy atom. The highest BCUT2D eigenvalue weighted by molar-refractivity contribution is 7.89. The quantitative estimate of drug-likeness (QED) is 0.183. The fourth-order valence-corrected chi connectivity index (χ4v) is 6.22. The number of hydrogen-bond donors (Lipinski definition) is 6. The molecule has 0 saturated carbocycles. The SMILES string of the molecule is CC(=N)c1c(O)[nH]c2ccc(S(=O)(=O)NCC(O)C(Cc3ccccc3)NC(=O)OC3COC4OCCC34)cc12.CC(C)C. The molecule has 6 N–H and O–H groups in total. The van der Waals surface area contributed by atoms with Gasteiger partial charge in [0.05, 0.1) is 41.7 Å². The molecule has 3 aromatic rings. The minimum atomic E-state index is -4.09. The molecule has 2 saturated heterocycles. The molecule has 12 nitrogen and oxygen atoms in total. The number of rotatable bonds is 10. The van der Waals surface area contributed by atoms with Gasteiger partial charge in [0.1, 0.15) is 6.10 Å². The number of aromatic nitrogens is 1. The molecule has 5 rings (SSSR count). The molecule has 2 aliphatic heterocycles. The second-order valence-electron chi connectivity index (χ2n) is 11.7. The highest BCUT2D eigenvalue weighted by atomic mass is 32.2. The van der Waals surface area contributed by atoms with Crippen LogP contribution in [-0.2, 0) is 30.7 Å². The summed E-state index contributed by atoms with van der Waals surface area (Å²) in [5, 5.41) is 32.1. The van der Waals surface area contributed by atoms with Crippen molar-refractivity contribution in [3.63, 3.8) is 0 Å². The average Bonchev–Trinajstić information content (AvgIpc) is 3.66. The number of aliphatic hydroxyl groups excluding tert-OH is 1. The Bertz CT molecular complexity index is 1540. The Hall–Kier alpha value is -3.49. The van der Waals surface area contributed by atoms with E-state index in [-0.39, 0.29) is 47.3 Å². The number of nitrogens with one attached hydrogen (secondary N) is 4. The van der Waals surface area contributed by atoms with Crippen molar-refractivity contribution in [1.82, 2.24) is 15.0 Å². The molecular formula is C31H42N4O8S. The van der Waals surface area contributed by atoms with E-state index in [0.29, 0.717) is 17.5 Å². The van der Waals surface area contributed by atoms with Crippen LogP contribution in [0.4, 0.5) is 4.79 Å². The molecule has 5 unspecified atom stereocenters. The number of aromatic amines is 1. The molecule has 2 aliphatic rings. The number of aromatic hydroxyl groups is 1. The Balaban J connectivity index is 0.00000104. The maximum Gasteiger partial charge on any atom is 0.407 e. The number of carbonyl (C=O) groups is 1. The average molecular weight is 631 g/mol. The Morgan fingerprint density at radius 3 is 2.55 bits per heavy atom. The van der Waals surface area contributed by atoms with Gasteiger partial charge in [-0.05, 0) is 49.4 Å². The molecule has 0 radical (unpaired) electrons. The predicted molar refractivity (Wildman–Crippen MR) is 165 cm³/mol. The van der Waals surface area contributed by atoms with Crippen LogP contribution in [0.2, 0.25) is 0 Å². The van der Waals surface area contributed by atoms with Gasteiger partial charge >= 0.3 is 6.09 Å². The first-order chi connectivity index (χ1) is 20.9. The van der Waals surface area contributed by atoms with Crippen LogP contribution < -0.4 is 10.0 Å². The first kappa shape index (κ1) is 33.4. The molecule has 0 spiro atoms. The lowest BCUT2D eigenvalue weighted by atomic mass is 10.0. The molecule has 13 heteroatoms. The molecule has 1 amide bonds. The summed E-state index contributed by atoms with van der Waals surface area (Å²) in [6.45, 7) is 8.35. The number of alkyl carbamates (subject to hydrolysis) is 1. The summed E-state index contributed by atoms with van der Waals surface area (Å²) in [5.74, 6) is 0.563. The maximum absolute atomic E-state index is 13.1. The van der Waals surface area contributed by atoms with Crippen molar-refractivity contribution in [2.75, 3.05) is 19.8 Å². The topological polar surface area (TPSA) is 183 Å². The molecular weight excluding hydrogens is 588 g/mol. The molecule has 1 aromatic heterocycles. The van der Waals surface area contributed by atoms with Crippen molar-refractivity contribution in [1.29, 1.82) is 5.41 Å². The second kappa shape index (κ2) is 14.5. The number of ether oxygens (including phenoxy) is 3. The number of benzene rings is 2. The molecule has 3 heterocycles. The first-order valence-electron chi connectivity index (χ1n) is 14.7. The summed E-state index contributed by atoms with van der Waals surface area (Å²) in [6.07, 6.45) is -1.95. The fourth-order valence-electron chi connectivity index (χ4n) is 5.15. The monoisotopic (exact) mass is 630 g/mol. The number of fused-ring (bicyclic) bond motifs is 2. The minimum absolute atomic E-state index is 0.0497. The van der Waals surface area contributed by atoms with E-state index in [9.17, 15) is 23.4 Å². The van der Waals surface area contributed by atoms with Gasteiger partial charge in [-0.15, -0.1) is 0 Å². The van der Waals surface area contributed by atoms with E-state index < -0.39 is 40.9 Å². The number of H-pyrrole nitrogens is 1. The van der Waals surface area contributed by atoms with Crippen molar-refractivity contribution in [2.45, 2.75) is 70.0 Å². The molecule has 2 fully saturated rings. The smallest absolute Gasteiger partial charge is 0.407 e.